The molecule has 1 fully saturated rings. The highest BCUT2D eigenvalue weighted by Gasteiger charge is 2.32. The Morgan fingerprint density at radius 1 is 1.35 bits per heavy atom. The first kappa shape index (κ1) is 17.8. The highest BCUT2D eigenvalue weighted by atomic mass is 32.2. The fraction of sp³-hybridized carbons (Fsp3) is 0.529. The third-order valence-electron chi connectivity index (χ3n) is 3.79. The van der Waals surface area contributed by atoms with E-state index in [-0.39, 0.29) is 17.2 Å². The molecular formula is C17H25N3O2S. The summed E-state index contributed by atoms with van der Waals surface area (Å²) in [5, 5.41) is 2.92. The quantitative estimate of drug-likeness (QED) is 0.823. The zero-order chi connectivity index (χ0) is 16.8. The largest absolute Gasteiger partial charge is 0.355 e. The van der Waals surface area contributed by atoms with E-state index in [1.165, 1.54) is 5.56 Å². The molecule has 2 amide bonds. The number of hydrogen-bond acceptors (Lipinski definition) is 4. The first-order valence-electron chi connectivity index (χ1n) is 7.86. The lowest BCUT2D eigenvalue weighted by molar-refractivity contribution is -0.129. The predicted molar refractivity (Wildman–Crippen MR) is 94.3 cm³/mol. The summed E-state index contributed by atoms with van der Waals surface area (Å²) < 4.78 is 0. The number of likely N-dealkylation sites (N-methyl/N-ethyl adjacent to an activating group) is 1. The van der Waals surface area contributed by atoms with Crippen molar-refractivity contribution in [1.82, 2.24) is 15.1 Å². The van der Waals surface area contributed by atoms with Gasteiger partial charge in [-0.25, -0.2) is 0 Å². The minimum atomic E-state index is -0.000735. The first-order valence-corrected chi connectivity index (χ1v) is 8.91. The molecule has 6 heteroatoms. The van der Waals surface area contributed by atoms with E-state index in [2.05, 4.69) is 29.6 Å². The summed E-state index contributed by atoms with van der Waals surface area (Å²) in [6.45, 7) is 3.97. The average Bonchev–Trinajstić information content (AvgIpc) is 2.86. The van der Waals surface area contributed by atoms with E-state index in [9.17, 15) is 9.59 Å². The SMILES string of the molecule is Cc1ccc([C@@H]2SCC(=O)N2CCC(=O)NCCN(C)C)cc1. The van der Waals surface area contributed by atoms with Crippen molar-refractivity contribution >= 4 is 23.6 Å². The third kappa shape index (κ3) is 5.25. The summed E-state index contributed by atoms with van der Waals surface area (Å²) in [6, 6.07) is 8.25. The average molecular weight is 335 g/mol. The Kier molecular flexibility index (Phi) is 6.47. The molecule has 0 radical (unpaired) electrons. The van der Waals surface area contributed by atoms with Gasteiger partial charge in [-0.3, -0.25) is 9.59 Å². The van der Waals surface area contributed by atoms with E-state index in [1.54, 1.807) is 11.8 Å². The van der Waals surface area contributed by atoms with Crippen molar-refractivity contribution in [3.05, 3.63) is 35.4 Å². The molecule has 0 bridgehead atoms. The van der Waals surface area contributed by atoms with Crippen LogP contribution >= 0.6 is 11.8 Å². The van der Waals surface area contributed by atoms with Crippen LogP contribution in [0.2, 0.25) is 0 Å². The normalized spacial score (nSPS) is 17.8. The highest BCUT2D eigenvalue weighted by molar-refractivity contribution is 8.00. The van der Waals surface area contributed by atoms with Gasteiger partial charge in [0.2, 0.25) is 11.8 Å². The van der Waals surface area contributed by atoms with Gasteiger partial charge in [-0.2, -0.15) is 0 Å². The fourth-order valence-corrected chi connectivity index (χ4v) is 3.65. The maximum atomic E-state index is 12.1. The van der Waals surface area contributed by atoms with Gasteiger partial charge >= 0.3 is 0 Å². The number of nitrogens with one attached hydrogen (secondary N) is 1. The minimum Gasteiger partial charge on any atom is -0.355 e. The van der Waals surface area contributed by atoms with Gasteiger partial charge in [0.1, 0.15) is 5.37 Å². The van der Waals surface area contributed by atoms with Gasteiger partial charge in [0.05, 0.1) is 5.75 Å². The van der Waals surface area contributed by atoms with Gasteiger partial charge in [0, 0.05) is 26.1 Å². The number of hydrogen-bond donors (Lipinski definition) is 1. The van der Waals surface area contributed by atoms with E-state index in [0.717, 1.165) is 12.1 Å². The van der Waals surface area contributed by atoms with Crippen molar-refractivity contribution in [2.75, 3.05) is 39.5 Å². The van der Waals surface area contributed by atoms with Crippen molar-refractivity contribution in [2.45, 2.75) is 18.7 Å². The molecule has 1 N–H and O–H groups in total. The predicted octanol–water partition coefficient (Wildman–Crippen LogP) is 1.64. The molecule has 126 valence electrons. The van der Waals surface area contributed by atoms with Crippen LogP contribution in [0.15, 0.2) is 24.3 Å². The van der Waals surface area contributed by atoms with Crippen molar-refractivity contribution < 1.29 is 9.59 Å². The maximum Gasteiger partial charge on any atom is 0.233 e. The summed E-state index contributed by atoms with van der Waals surface area (Å²) in [4.78, 5) is 27.9. The van der Waals surface area contributed by atoms with Crippen molar-refractivity contribution in [3.8, 4) is 0 Å². The van der Waals surface area contributed by atoms with E-state index < -0.39 is 0 Å². The molecule has 0 unspecified atom stereocenters. The second-order valence-electron chi connectivity index (χ2n) is 6.06. The molecule has 0 spiro atoms. The smallest absolute Gasteiger partial charge is 0.233 e. The Morgan fingerprint density at radius 3 is 2.70 bits per heavy atom. The van der Waals surface area contributed by atoms with Crippen LogP contribution in [-0.2, 0) is 9.59 Å². The molecule has 1 heterocycles. The van der Waals surface area contributed by atoms with Crippen LogP contribution in [0, 0.1) is 6.92 Å². The van der Waals surface area contributed by atoms with E-state index >= 15 is 0 Å². The number of carbonyl (C=O) groups is 2. The third-order valence-corrected chi connectivity index (χ3v) is 5.05. The Balaban J connectivity index is 1.87. The molecule has 5 nitrogen and oxygen atoms in total. The number of amides is 2. The molecule has 23 heavy (non-hydrogen) atoms. The topological polar surface area (TPSA) is 52.7 Å². The lowest BCUT2D eigenvalue weighted by atomic mass is 10.1. The number of rotatable bonds is 7. The van der Waals surface area contributed by atoms with Gasteiger partial charge in [0.25, 0.3) is 0 Å². The van der Waals surface area contributed by atoms with Gasteiger partial charge in [-0.15, -0.1) is 11.8 Å². The summed E-state index contributed by atoms with van der Waals surface area (Å²) >= 11 is 1.63. The molecule has 0 aliphatic carbocycles. The van der Waals surface area contributed by atoms with Crippen molar-refractivity contribution in [3.63, 3.8) is 0 Å². The van der Waals surface area contributed by atoms with Crippen molar-refractivity contribution in [1.29, 1.82) is 0 Å². The van der Waals surface area contributed by atoms with E-state index in [4.69, 9.17) is 0 Å². The molecular weight excluding hydrogens is 310 g/mol. The van der Waals surface area contributed by atoms with Gasteiger partial charge in [-0.05, 0) is 26.6 Å². The van der Waals surface area contributed by atoms with Crippen LogP contribution in [0.5, 0.6) is 0 Å². The lowest BCUT2D eigenvalue weighted by Crippen LogP contribution is -2.35. The number of benzene rings is 1. The van der Waals surface area contributed by atoms with Crippen LogP contribution in [0.4, 0.5) is 0 Å². The van der Waals surface area contributed by atoms with Crippen LogP contribution in [0.25, 0.3) is 0 Å². The molecule has 0 saturated carbocycles. The molecule has 1 aliphatic heterocycles. The molecule has 1 aromatic rings. The standard InChI is InChI=1S/C17H25N3O2S/c1-13-4-6-14(7-5-13)17-20(16(22)12-23-17)10-8-15(21)18-9-11-19(2)3/h4-7,17H,8-12H2,1-3H3,(H,18,21)/t17-/m0/s1. The van der Waals surface area contributed by atoms with Gasteiger partial charge in [-0.1, -0.05) is 29.8 Å². The highest BCUT2D eigenvalue weighted by Crippen LogP contribution is 2.38. The molecule has 2 rings (SSSR count). The summed E-state index contributed by atoms with van der Waals surface area (Å²) in [7, 11) is 3.94. The van der Waals surface area contributed by atoms with Crippen LogP contribution in [0.3, 0.4) is 0 Å². The Bertz CT molecular complexity index is 545. The van der Waals surface area contributed by atoms with E-state index in [0.29, 0.717) is 25.3 Å². The zero-order valence-corrected chi connectivity index (χ0v) is 14.9. The van der Waals surface area contributed by atoms with Crippen LogP contribution in [0.1, 0.15) is 22.9 Å². The Labute approximate surface area is 142 Å². The second-order valence-corrected chi connectivity index (χ2v) is 7.13. The Morgan fingerprint density at radius 2 is 2.04 bits per heavy atom. The second kappa shape index (κ2) is 8.36. The fourth-order valence-electron chi connectivity index (χ4n) is 2.43. The molecule has 1 aromatic carbocycles. The van der Waals surface area contributed by atoms with E-state index in [1.807, 2.05) is 30.8 Å². The minimum absolute atomic E-state index is 0.000735. The number of thioether (sulfide) groups is 1. The van der Waals surface area contributed by atoms with Gasteiger partial charge in [0.15, 0.2) is 0 Å². The molecule has 1 saturated heterocycles. The molecule has 0 aromatic heterocycles. The number of carbonyl (C=O) groups excluding carboxylic acids is 2. The monoisotopic (exact) mass is 335 g/mol. The van der Waals surface area contributed by atoms with Crippen LogP contribution < -0.4 is 5.32 Å². The number of aryl methyl sites for hydroxylation is 1. The zero-order valence-electron chi connectivity index (χ0n) is 14.0. The van der Waals surface area contributed by atoms with Crippen LogP contribution in [-0.4, -0.2) is 61.1 Å². The van der Waals surface area contributed by atoms with Gasteiger partial charge < -0.3 is 15.1 Å². The molecule has 1 atom stereocenters. The summed E-state index contributed by atoms with van der Waals surface area (Å²) in [5.41, 5.74) is 2.33. The summed E-state index contributed by atoms with van der Waals surface area (Å²) in [6.07, 6.45) is 0.349. The van der Waals surface area contributed by atoms with Crippen molar-refractivity contribution in [2.24, 2.45) is 0 Å². The number of nitrogens with zero attached hydrogens (tertiary/aromatic N) is 2. The lowest BCUT2D eigenvalue weighted by Gasteiger charge is -2.24. The summed E-state index contributed by atoms with van der Waals surface area (Å²) in [5.74, 6) is 0.599. The Hall–Kier alpha value is -1.53. The maximum absolute atomic E-state index is 12.1. The first-order chi connectivity index (χ1) is 11.0. The molecule has 1 aliphatic rings.